The molecular formula is C51H101NO6. The molecule has 0 aliphatic carbocycles. The van der Waals surface area contributed by atoms with Gasteiger partial charge in [-0.2, -0.15) is 0 Å². The van der Waals surface area contributed by atoms with Gasteiger partial charge in [0.2, 0.25) is 0 Å². The van der Waals surface area contributed by atoms with Crippen molar-refractivity contribution >= 4 is 11.9 Å². The number of carbonyl (C=O) groups is 2. The van der Waals surface area contributed by atoms with Gasteiger partial charge in [0.25, 0.3) is 0 Å². The maximum Gasteiger partial charge on any atom is 0.306 e. The smallest absolute Gasteiger partial charge is 0.306 e. The van der Waals surface area contributed by atoms with Crippen LogP contribution in [0.4, 0.5) is 0 Å². The highest BCUT2D eigenvalue weighted by Gasteiger charge is 2.16. The van der Waals surface area contributed by atoms with Gasteiger partial charge in [-0.3, -0.25) is 9.59 Å². The van der Waals surface area contributed by atoms with Crippen molar-refractivity contribution in [3.05, 3.63) is 0 Å². The van der Waals surface area contributed by atoms with Crippen LogP contribution in [0.15, 0.2) is 0 Å². The van der Waals surface area contributed by atoms with Crippen LogP contribution in [0.25, 0.3) is 0 Å². The van der Waals surface area contributed by atoms with E-state index >= 15 is 0 Å². The number of esters is 2. The molecule has 2 atom stereocenters. The van der Waals surface area contributed by atoms with Gasteiger partial charge in [0.05, 0.1) is 6.10 Å². The molecule has 58 heavy (non-hydrogen) atoms. The normalized spacial score (nSPS) is 12.8. The Morgan fingerprint density at radius 2 is 0.776 bits per heavy atom. The molecule has 0 aliphatic heterocycles. The predicted molar refractivity (Wildman–Crippen MR) is 247 cm³/mol. The molecule has 2 N–H and O–H groups in total. The summed E-state index contributed by atoms with van der Waals surface area (Å²) >= 11 is 0. The summed E-state index contributed by atoms with van der Waals surface area (Å²) in [6.07, 6.45) is 41.8. The molecule has 346 valence electrons. The lowest BCUT2D eigenvalue weighted by Crippen LogP contribution is -2.34. The third-order valence-electron chi connectivity index (χ3n) is 12.1. The van der Waals surface area contributed by atoms with E-state index in [0.717, 1.165) is 135 Å². The minimum absolute atomic E-state index is 0.00462. The van der Waals surface area contributed by atoms with Crippen molar-refractivity contribution in [3.63, 3.8) is 0 Å². The molecule has 0 aromatic rings. The van der Waals surface area contributed by atoms with Crippen LogP contribution in [0.2, 0.25) is 0 Å². The number of aliphatic hydroxyl groups excluding tert-OH is 2. The summed E-state index contributed by atoms with van der Waals surface area (Å²) in [5.41, 5.74) is 0. The minimum Gasteiger partial charge on any atom is -0.462 e. The Balaban J connectivity index is 4.48. The fourth-order valence-electron chi connectivity index (χ4n) is 8.18. The largest absolute Gasteiger partial charge is 0.462 e. The summed E-state index contributed by atoms with van der Waals surface area (Å²) in [4.78, 5) is 27.8. The van der Waals surface area contributed by atoms with Gasteiger partial charge in [-0.05, 0) is 96.6 Å². The molecule has 0 spiro atoms. The highest BCUT2D eigenvalue weighted by molar-refractivity contribution is 5.69. The number of aliphatic hydroxyl groups is 2. The van der Waals surface area contributed by atoms with E-state index in [4.69, 9.17) is 14.6 Å². The van der Waals surface area contributed by atoms with Crippen molar-refractivity contribution < 1.29 is 29.3 Å². The van der Waals surface area contributed by atoms with Gasteiger partial charge >= 0.3 is 11.9 Å². The second kappa shape index (κ2) is 45.3. The first-order chi connectivity index (χ1) is 28.4. The maximum absolute atomic E-state index is 12.8. The number of hydrogen-bond acceptors (Lipinski definition) is 7. The van der Waals surface area contributed by atoms with Crippen LogP contribution < -0.4 is 0 Å². The lowest BCUT2D eigenvalue weighted by molar-refractivity contribution is -0.150. The molecule has 0 heterocycles. The second-order valence-corrected chi connectivity index (χ2v) is 17.9. The van der Waals surface area contributed by atoms with Crippen molar-refractivity contribution in [3.8, 4) is 0 Å². The van der Waals surface area contributed by atoms with Crippen LogP contribution in [-0.4, -0.2) is 71.6 Å². The first-order valence-corrected chi connectivity index (χ1v) is 25.8. The highest BCUT2D eigenvalue weighted by atomic mass is 16.5. The van der Waals surface area contributed by atoms with E-state index in [1.54, 1.807) is 0 Å². The Morgan fingerprint density at radius 1 is 0.431 bits per heavy atom. The summed E-state index contributed by atoms with van der Waals surface area (Å²) in [6, 6.07) is 0. The molecule has 0 radical (unpaired) electrons. The van der Waals surface area contributed by atoms with Gasteiger partial charge in [0, 0.05) is 26.0 Å². The van der Waals surface area contributed by atoms with Crippen molar-refractivity contribution in [2.24, 2.45) is 0 Å². The Hall–Kier alpha value is -1.18. The molecule has 0 saturated heterocycles. The number of rotatable bonds is 47. The lowest BCUT2D eigenvalue weighted by atomic mass is 10.0. The Bertz CT molecular complexity index is 839. The Labute approximate surface area is 361 Å². The zero-order valence-corrected chi connectivity index (χ0v) is 39.4. The average Bonchev–Trinajstić information content (AvgIpc) is 3.21. The number of ether oxygens (including phenoxy) is 2. The van der Waals surface area contributed by atoms with Crippen LogP contribution in [0.1, 0.15) is 272 Å². The Kier molecular flexibility index (Phi) is 44.4. The molecule has 0 aromatic carbocycles. The van der Waals surface area contributed by atoms with Crippen LogP contribution in [0, 0.1) is 0 Å². The van der Waals surface area contributed by atoms with Crippen molar-refractivity contribution in [1.29, 1.82) is 0 Å². The third kappa shape index (κ3) is 40.2. The average molecular weight is 824 g/mol. The first kappa shape index (κ1) is 56.8. The van der Waals surface area contributed by atoms with E-state index < -0.39 is 0 Å². The summed E-state index contributed by atoms with van der Waals surface area (Å²) in [7, 11) is 0. The van der Waals surface area contributed by atoms with Gasteiger partial charge in [-0.1, -0.05) is 175 Å². The van der Waals surface area contributed by atoms with Gasteiger partial charge in [-0.25, -0.2) is 0 Å². The van der Waals surface area contributed by atoms with Crippen LogP contribution in [0.3, 0.4) is 0 Å². The zero-order chi connectivity index (χ0) is 42.6. The predicted octanol–water partition coefficient (Wildman–Crippen LogP) is 14.4. The van der Waals surface area contributed by atoms with Crippen LogP contribution in [-0.2, 0) is 19.1 Å². The summed E-state index contributed by atoms with van der Waals surface area (Å²) in [6.45, 7) is 11.9. The number of carbonyl (C=O) groups excluding carboxylic acids is 2. The maximum atomic E-state index is 12.8. The molecule has 0 amide bonds. The molecule has 7 heteroatoms. The molecule has 0 aromatic heterocycles. The first-order valence-electron chi connectivity index (χ1n) is 25.8. The molecule has 2 unspecified atom stereocenters. The summed E-state index contributed by atoms with van der Waals surface area (Å²) in [5, 5.41) is 20.1. The Morgan fingerprint density at radius 3 is 1.22 bits per heavy atom. The van der Waals surface area contributed by atoms with E-state index in [1.165, 1.54) is 109 Å². The fourth-order valence-corrected chi connectivity index (χ4v) is 8.18. The topological polar surface area (TPSA) is 96.3 Å². The molecule has 0 aliphatic rings. The van der Waals surface area contributed by atoms with E-state index in [1.807, 2.05) is 0 Å². The molecular weight excluding hydrogens is 723 g/mol. The molecule has 0 bridgehead atoms. The molecule has 0 fully saturated rings. The number of nitrogens with zero attached hydrogens (tertiary/aromatic N) is 1. The molecule has 0 rings (SSSR count). The zero-order valence-electron chi connectivity index (χ0n) is 39.4. The summed E-state index contributed by atoms with van der Waals surface area (Å²) < 4.78 is 11.8. The third-order valence-corrected chi connectivity index (χ3v) is 12.1. The standard InChI is InChI=1S/C51H101NO6/c1-5-9-12-15-20-29-38-48(8-4)57-50(55)42-33-27-28-37-47(54)46-52(44-35-25-19-26-36-45-53)43-34-24-18-23-32-41-51(56)58-49(39-30-21-16-13-10-6-2)40-31-22-17-14-11-7-3/h47-49,53-54H,5-46H2,1-4H3. The van der Waals surface area contributed by atoms with E-state index in [0.29, 0.717) is 19.4 Å². The molecule has 0 saturated carbocycles. The number of unbranched alkanes of at least 4 members (excludes halogenated alkanes) is 25. The molecule has 7 nitrogen and oxygen atoms in total. The van der Waals surface area contributed by atoms with Crippen molar-refractivity contribution in [1.82, 2.24) is 4.90 Å². The SMILES string of the molecule is CCCCCCCCC(CC)OC(=O)CCCCCC(O)CN(CCCCCCCO)CCCCCCCC(=O)OC(CCCCCCCC)CCCCCCCC. The minimum atomic E-state index is -0.347. The monoisotopic (exact) mass is 824 g/mol. The van der Waals surface area contributed by atoms with Gasteiger partial charge < -0.3 is 24.6 Å². The summed E-state index contributed by atoms with van der Waals surface area (Å²) in [5.74, 6) is -0.0558. The quantitative estimate of drug-likeness (QED) is 0.0466. The van der Waals surface area contributed by atoms with Crippen LogP contribution >= 0.6 is 0 Å². The highest BCUT2D eigenvalue weighted by Crippen LogP contribution is 2.19. The van der Waals surface area contributed by atoms with E-state index in [9.17, 15) is 14.7 Å². The van der Waals surface area contributed by atoms with Gasteiger partial charge in [0.1, 0.15) is 12.2 Å². The second-order valence-electron chi connectivity index (χ2n) is 17.9. The number of hydrogen-bond donors (Lipinski definition) is 2. The fraction of sp³-hybridized carbons (Fsp3) is 0.961. The van der Waals surface area contributed by atoms with Crippen molar-refractivity contribution in [2.45, 2.75) is 290 Å². The van der Waals surface area contributed by atoms with Crippen molar-refractivity contribution in [2.75, 3.05) is 26.2 Å². The van der Waals surface area contributed by atoms with Crippen LogP contribution in [0.5, 0.6) is 0 Å². The lowest BCUT2D eigenvalue weighted by Gasteiger charge is -2.25. The van der Waals surface area contributed by atoms with E-state index in [2.05, 4.69) is 32.6 Å². The van der Waals surface area contributed by atoms with Gasteiger partial charge in [0.15, 0.2) is 0 Å². The van der Waals surface area contributed by atoms with Gasteiger partial charge in [-0.15, -0.1) is 0 Å². The van der Waals surface area contributed by atoms with E-state index in [-0.39, 0.29) is 36.9 Å².